The maximum absolute atomic E-state index is 13.5. The van der Waals surface area contributed by atoms with E-state index in [0.717, 1.165) is 32.1 Å². The minimum absolute atomic E-state index is 0.0113. The highest BCUT2D eigenvalue weighted by Gasteiger charge is 2.53. The molecule has 1 unspecified atom stereocenters. The molecule has 0 aromatic heterocycles. The molecule has 1 saturated heterocycles. The molecule has 2 aliphatic carbocycles. The summed E-state index contributed by atoms with van der Waals surface area (Å²) in [6.45, 7) is 4.80. The zero-order valence-electron chi connectivity index (χ0n) is 20.7. The van der Waals surface area contributed by atoms with Crippen LogP contribution in [0.1, 0.15) is 72.1 Å². The van der Waals surface area contributed by atoms with Crippen molar-refractivity contribution in [3.8, 4) is 0 Å². The number of carbonyl (C=O) groups excluding carboxylic acids is 4. The van der Waals surface area contributed by atoms with E-state index in [9.17, 15) is 34.2 Å². The van der Waals surface area contributed by atoms with Gasteiger partial charge in [-0.25, -0.2) is 4.79 Å². The number of hydrogen-bond acceptors (Lipinski definition) is 6. The highest BCUT2D eigenvalue weighted by Crippen LogP contribution is 2.36. The predicted molar refractivity (Wildman–Crippen MR) is 125 cm³/mol. The van der Waals surface area contributed by atoms with Crippen LogP contribution in [-0.4, -0.2) is 81.0 Å². The molecule has 1 heterocycles. The van der Waals surface area contributed by atoms with Gasteiger partial charge in [0.2, 0.25) is 23.6 Å². The zero-order valence-corrected chi connectivity index (χ0v) is 20.7. The Morgan fingerprint density at radius 2 is 1.63 bits per heavy atom. The van der Waals surface area contributed by atoms with Crippen molar-refractivity contribution in [3.63, 3.8) is 0 Å². The van der Waals surface area contributed by atoms with Crippen LogP contribution in [0.2, 0.25) is 0 Å². The molecule has 5 N–H and O–H groups in total. The van der Waals surface area contributed by atoms with Crippen molar-refractivity contribution < 1.29 is 34.2 Å². The summed E-state index contributed by atoms with van der Waals surface area (Å²) in [7, 11) is 0. The van der Waals surface area contributed by atoms with Crippen LogP contribution in [-0.2, 0) is 24.0 Å². The maximum Gasteiger partial charge on any atom is 0.329 e. The van der Waals surface area contributed by atoms with E-state index >= 15 is 0 Å². The van der Waals surface area contributed by atoms with Gasteiger partial charge in [0.1, 0.15) is 23.7 Å². The van der Waals surface area contributed by atoms with E-state index in [4.69, 9.17) is 0 Å². The van der Waals surface area contributed by atoms with E-state index in [1.807, 2.05) is 0 Å². The van der Waals surface area contributed by atoms with Crippen LogP contribution in [0.25, 0.3) is 0 Å². The average Bonchev–Trinajstić information content (AvgIpc) is 3.48. The highest BCUT2D eigenvalue weighted by atomic mass is 16.4. The number of carboxylic acid groups (broad SMARTS) is 1. The molecule has 0 spiro atoms. The first kappa shape index (κ1) is 26.9. The first-order valence-corrected chi connectivity index (χ1v) is 12.6. The molecule has 4 amide bonds. The van der Waals surface area contributed by atoms with Crippen LogP contribution in [0.5, 0.6) is 0 Å². The van der Waals surface area contributed by atoms with Crippen molar-refractivity contribution in [3.05, 3.63) is 0 Å². The molecular weight excluding hydrogens is 456 g/mol. The molecule has 0 aromatic rings. The third kappa shape index (κ3) is 6.31. The Bertz CT molecular complexity index is 851. The molecule has 35 heavy (non-hydrogen) atoms. The first-order chi connectivity index (χ1) is 16.4. The molecule has 3 aliphatic rings. The Kier molecular flexibility index (Phi) is 8.40. The van der Waals surface area contributed by atoms with Gasteiger partial charge < -0.3 is 31.1 Å². The van der Waals surface area contributed by atoms with Gasteiger partial charge in [0.25, 0.3) is 0 Å². The lowest BCUT2D eigenvalue weighted by molar-refractivity contribution is -0.146. The van der Waals surface area contributed by atoms with Gasteiger partial charge in [0, 0.05) is 19.9 Å². The lowest BCUT2D eigenvalue weighted by Crippen LogP contribution is -2.60. The number of aliphatic hydroxyl groups excluding tert-OH is 1. The van der Waals surface area contributed by atoms with Gasteiger partial charge >= 0.3 is 5.97 Å². The minimum atomic E-state index is -1.31. The molecule has 1 aliphatic heterocycles. The maximum atomic E-state index is 13.5. The van der Waals surface area contributed by atoms with Crippen molar-refractivity contribution in [2.75, 3.05) is 6.54 Å². The van der Waals surface area contributed by atoms with Gasteiger partial charge in [0.05, 0.1) is 6.10 Å². The minimum Gasteiger partial charge on any atom is -0.480 e. The second-order valence-electron chi connectivity index (χ2n) is 10.6. The quantitative estimate of drug-likeness (QED) is 0.299. The van der Waals surface area contributed by atoms with Crippen molar-refractivity contribution in [1.82, 2.24) is 20.9 Å². The smallest absolute Gasteiger partial charge is 0.329 e. The summed E-state index contributed by atoms with van der Waals surface area (Å²) in [5.41, 5.74) is -1.31. The summed E-state index contributed by atoms with van der Waals surface area (Å²) in [5.74, 6) is -3.38. The lowest BCUT2D eigenvalue weighted by Gasteiger charge is -2.34. The summed E-state index contributed by atoms with van der Waals surface area (Å²) in [6.07, 6.45) is 4.33. The summed E-state index contributed by atoms with van der Waals surface area (Å²) in [5, 5.41) is 27.7. The fourth-order valence-corrected chi connectivity index (χ4v) is 5.16. The van der Waals surface area contributed by atoms with Crippen LogP contribution in [0.4, 0.5) is 0 Å². The molecule has 0 bridgehead atoms. The van der Waals surface area contributed by atoms with Gasteiger partial charge in [-0.15, -0.1) is 0 Å². The topological polar surface area (TPSA) is 165 Å². The number of β-amino-alcohol motifs (C(OH)–C–C–N with tert-alkyl or cyclic N) is 1. The fraction of sp³-hybridized carbons (Fsp3) is 0.792. The number of aliphatic hydroxyl groups is 1. The van der Waals surface area contributed by atoms with Crippen molar-refractivity contribution in [1.29, 1.82) is 0 Å². The number of carbonyl (C=O) groups is 5. The van der Waals surface area contributed by atoms with E-state index in [2.05, 4.69) is 16.0 Å². The molecule has 2 saturated carbocycles. The number of aliphatic carboxylic acids is 1. The molecular formula is C24H38N4O7. The highest BCUT2D eigenvalue weighted by molar-refractivity contribution is 5.96. The van der Waals surface area contributed by atoms with Gasteiger partial charge in [-0.05, 0) is 37.5 Å². The number of carboxylic acids is 1. The molecule has 11 nitrogen and oxygen atoms in total. The largest absolute Gasteiger partial charge is 0.480 e. The standard InChI is InChI=1S/C24H38N4O7/c1-13(2)18(26-21(32)19(25-14(3)29)15-7-5-4-6-8-15)22(33)28-12-16(30)11-17(28)20(31)27-24(9-10-24)23(34)35/h13,15-19,30H,4-12H2,1-3H3,(H,25,29)(H,26,32)(H,27,31)(H,34,35)/t16-,17?,18+,19+/m1/s1. The van der Waals surface area contributed by atoms with Crippen LogP contribution in [0, 0.1) is 11.8 Å². The SMILES string of the molecule is CC(=O)N[C@H](C(=O)N[C@H](C(=O)N1C[C@H](O)CC1C(=O)NC1(C(=O)O)CC1)C(C)C)C1CCCCC1. The van der Waals surface area contributed by atoms with Crippen molar-refractivity contribution >= 4 is 29.6 Å². The molecule has 196 valence electrons. The third-order valence-corrected chi connectivity index (χ3v) is 7.38. The molecule has 11 heteroatoms. The van der Waals surface area contributed by atoms with Gasteiger partial charge in [-0.1, -0.05) is 33.1 Å². The molecule has 3 fully saturated rings. The van der Waals surface area contributed by atoms with Crippen LogP contribution in [0.3, 0.4) is 0 Å². The number of nitrogens with zero attached hydrogens (tertiary/aromatic N) is 1. The monoisotopic (exact) mass is 494 g/mol. The van der Waals surface area contributed by atoms with Crippen LogP contribution >= 0.6 is 0 Å². The van der Waals surface area contributed by atoms with E-state index in [0.29, 0.717) is 12.8 Å². The number of amides is 4. The van der Waals surface area contributed by atoms with Gasteiger partial charge in [-0.3, -0.25) is 19.2 Å². The van der Waals surface area contributed by atoms with E-state index < -0.39 is 53.5 Å². The van der Waals surface area contributed by atoms with Crippen LogP contribution < -0.4 is 16.0 Å². The summed E-state index contributed by atoms with van der Waals surface area (Å²) in [6, 6.07) is -2.76. The molecule has 0 radical (unpaired) electrons. The second kappa shape index (κ2) is 10.9. The lowest BCUT2D eigenvalue weighted by atomic mass is 9.83. The van der Waals surface area contributed by atoms with Crippen molar-refractivity contribution in [2.45, 2.75) is 102 Å². The van der Waals surface area contributed by atoms with Crippen LogP contribution in [0.15, 0.2) is 0 Å². The Morgan fingerprint density at radius 1 is 1.00 bits per heavy atom. The molecule has 0 aromatic carbocycles. The number of nitrogens with one attached hydrogen (secondary N) is 3. The fourth-order valence-electron chi connectivity index (χ4n) is 5.16. The summed E-state index contributed by atoms with van der Waals surface area (Å²) >= 11 is 0. The van der Waals surface area contributed by atoms with E-state index in [1.54, 1.807) is 13.8 Å². The molecule has 3 rings (SSSR count). The Labute approximate surface area is 205 Å². The Hall–Kier alpha value is -2.69. The third-order valence-electron chi connectivity index (χ3n) is 7.38. The number of hydrogen-bond donors (Lipinski definition) is 5. The second-order valence-corrected chi connectivity index (χ2v) is 10.6. The normalized spacial score (nSPS) is 25.5. The first-order valence-electron chi connectivity index (χ1n) is 12.6. The summed E-state index contributed by atoms with van der Waals surface area (Å²) < 4.78 is 0. The predicted octanol–water partition coefficient (Wildman–Crippen LogP) is -0.0926. The van der Waals surface area contributed by atoms with E-state index in [1.165, 1.54) is 11.8 Å². The summed E-state index contributed by atoms with van der Waals surface area (Å²) in [4.78, 5) is 64.2. The average molecular weight is 495 g/mol. The zero-order chi connectivity index (χ0) is 25.9. The van der Waals surface area contributed by atoms with Gasteiger partial charge in [-0.2, -0.15) is 0 Å². The molecule has 4 atom stereocenters. The number of likely N-dealkylation sites (tertiary alicyclic amines) is 1. The van der Waals surface area contributed by atoms with E-state index in [-0.39, 0.29) is 30.7 Å². The Balaban J connectivity index is 1.74. The van der Waals surface area contributed by atoms with Gasteiger partial charge in [0.15, 0.2) is 0 Å². The number of rotatable bonds is 9. The van der Waals surface area contributed by atoms with Crippen molar-refractivity contribution in [2.24, 2.45) is 11.8 Å². The Morgan fingerprint density at radius 3 is 2.14 bits per heavy atom.